The topological polar surface area (TPSA) is 79.9 Å². The molecule has 0 radical (unpaired) electrons. The minimum atomic E-state index is -0.393. The molecule has 0 bridgehead atoms. The molecule has 6 nitrogen and oxygen atoms in total. The van der Waals surface area contributed by atoms with Gasteiger partial charge in [0.15, 0.2) is 0 Å². The molecule has 1 amide bonds. The molecule has 0 saturated carbocycles. The summed E-state index contributed by atoms with van der Waals surface area (Å²) in [6.45, 7) is 0.832. The molecular weight excluding hydrogens is 388 g/mol. The van der Waals surface area contributed by atoms with Gasteiger partial charge in [-0.3, -0.25) is 10.1 Å². The lowest BCUT2D eigenvalue weighted by Crippen LogP contribution is -2.26. The Balaban J connectivity index is 1.12. The van der Waals surface area contributed by atoms with Crippen molar-refractivity contribution in [1.82, 2.24) is 20.5 Å². The molecule has 5 rings (SSSR count). The number of carbonyl (C=O) groups is 1. The van der Waals surface area contributed by atoms with Crippen LogP contribution in [0.2, 0.25) is 0 Å². The number of alkyl carbamates (subject to hydrolysis) is 1. The SMILES string of the molecule is O=C(NCCC=Cc1cnc2cn[nH]c2c1)OCC1c2ccccc2-c2ccccc21. The number of nitrogens with one attached hydrogen (secondary N) is 2. The van der Waals surface area contributed by atoms with Gasteiger partial charge in [0.05, 0.1) is 11.7 Å². The van der Waals surface area contributed by atoms with E-state index >= 15 is 0 Å². The monoisotopic (exact) mass is 410 g/mol. The van der Waals surface area contributed by atoms with Gasteiger partial charge in [-0.05, 0) is 40.3 Å². The second-order valence-electron chi connectivity index (χ2n) is 7.51. The van der Waals surface area contributed by atoms with Crippen molar-refractivity contribution in [2.75, 3.05) is 13.2 Å². The van der Waals surface area contributed by atoms with E-state index in [9.17, 15) is 4.79 Å². The number of aromatic nitrogens is 3. The first-order valence-electron chi connectivity index (χ1n) is 10.3. The van der Waals surface area contributed by atoms with Gasteiger partial charge in [0.25, 0.3) is 0 Å². The van der Waals surface area contributed by atoms with Gasteiger partial charge in [-0.15, -0.1) is 0 Å². The molecule has 2 aromatic heterocycles. The van der Waals surface area contributed by atoms with Crippen LogP contribution in [0.5, 0.6) is 0 Å². The van der Waals surface area contributed by atoms with Crippen molar-refractivity contribution in [3.8, 4) is 11.1 Å². The highest BCUT2D eigenvalue weighted by Crippen LogP contribution is 2.44. The first-order chi connectivity index (χ1) is 15.3. The largest absolute Gasteiger partial charge is 0.449 e. The summed E-state index contributed by atoms with van der Waals surface area (Å²) < 4.78 is 5.55. The molecule has 2 heterocycles. The number of hydrogen-bond acceptors (Lipinski definition) is 4. The van der Waals surface area contributed by atoms with E-state index in [1.807, 2.05) is 42.5 Å². The number of ether oxygens (including phenoxy) is 1. The third kappa shape index (κ3) is 3.92. The van der Waals surface area contributed by atoms with Crippen molar-refractivity contribution in [3.05, 3.63) is 89.8 Å². The maximum atomic E-state index is 12.2. The van der Waals surface area contributed by atoms with Gasteiger partial charge in [-0.25, -0.2) is 4.79 Å². The van der Waals surface area contributed by atoms with E-state index in [2.05, 4.69) is 44.8 Å². The van der Waals surface area contributed by atoms with Crippen LogP contribution in [0, 0.1) is 0 Å². The van der Waals surface area contributed by atoms with Gasteiger partial charge in [-0.2, -0.15) is 5.10 Å². The van der Waals surface area contributed by atoms with Crippen LogP contribution in [0.3, 0.4) is 0 Å². The molecule has 1 aliphatic carbocycles. The van der Waals surface area contributed by atoms with Crippen LogP contribution < -0.4 is 5.32 Å². The molecule has 1 aliphatic rings. The Morgan fingerprint density at radius 1 is 1.06 bits per heavy atom. The van der Waals surface area contributed by atoms with Gasteiger partial charge in [0.1, 0.15) is 12.1 Å². The summed E-state index contributed by atoms with van der Waals surface area (Å²) in [5.41, 5.74) is 7.59. The van der Waals surface area contributed by atoms with Gasteiger partial charge >= 0.3 is 6.09 Å². The Morgan fingerprint density at radius 2 is 1.81 bits per heavy atom. The van der Waals surface area contributed by atoms with E-state index in [4.69, 9.17) is 4.74 Å². The number of hydrogen-bond donors (Lipinski definition) is 2. The molecule has 0 fully saturated rings. The fourth-order valence-electron chi connectivity index (χ4n) is 4.06. The number of nitrogens with zero attached hydrogens (tertiary/aromatic N) is 2. The molecule has 0 spiro atoms. The van der Waals surface area contributed by atoms with Crippen molar-refractivity contribution >= 4 is 23.2 Å². The van der Waals surface area contributed by atoms with Crippen molar-refractivity contribution in [2.24, 2.45) is 0 Å². The van der Waals surface area contributed by atoms with Crippen LogP contribution in [-0.2, 0) is 4.74 Å². The number of fused-ring (bicyclic) bond motifs is 4. The van der Waals surface area contributed by atoms with Gasteiger partial charge < -0.3 is 10.1 Å². The summed E-state index contributed by atoms with van der Waals surface area (Å²) >= 11 is 0. The zero-order valence-corrected chi connectivity index (χ0v) is 16.9. The fourth-order valence-corrected chi connectivity index (χ4v) is 4.06. The van der Waals surface area contributed by atoms with Crippen molar-refractivity contribution < 1.29 is 9.53 Å². The normalized spacial score (nSPS) is 12.8. The average Bonchev–Trinajstić information content (AvgIpc) is 3.40. The minimum Gasteiger partial charge on any atom is -0.449 e. The van der Waals surface area contributed by atoms with Crippen LogP contribution in [0.15, 0.2) is 73.1 Å². The summed E-state index contributed by atoms with van der Waals surface area (Å²) in [5, 5.41) is 9.70. The smallest absolute Gasteiger partial charge is 0.407 e. The Hall–Kier alpha value is -3.93. The van der Waals surface area contributed by atoms with Gasteiger partial charge in [0.2, 0.25) is 0 Å². The number of carbonyl (C=O) groups excluding carboxylic acids is 1. The van der Waals surface area contributed by atoms with Crippen LogP contribution in [0.25, 0.3) is 28.2 Å². The zero-order valence-electron chi connectivity index (χ0n) is 16.9. The zero-order chi connectivity index (χ0) is 21.0. The fraction of sp³-hybridized carbons (Fsp3) is 0.160. The first kappa shape index (κ1) is 19.1. The molecule has 0 saturated heterocycles. The molecule has 0 atom stereocenters. The first-order valence-corrected chi connectivity index (χ1v) is 10.3. The number of benzene rings is 2. The van der Waals surface area contributed by atoms with Crippen LogP contribution in [-0.4, -0.2) is 34.4 Å². The number of H-pyrrole nitrogens is 1. The summed E-state index contributed by atoms with van der Waals surface area (Å²) in [7, 11) is 0. The lowest BCUT2D eigenvalue weighted by molar-refractivity contribution is 0.143. The van der Waals surface area contributed by atoms with Crippen molar-refractivity contribution in [1.29, 1.82) is 0 Å². The molecule has 31 heavy (non-hydrogen) atoms. The van der Waals surface area contributed by atoms with Crippen LogP contribution >= 0.6 is 0 Å². The van der Waals surface area contributed by atoms with Gasteiger partial charge in [0, 0.05) is 18.7 Å². The van der Waals surface area contributed by atoms with E-state index in [1.165, 1.54) is 22.3 Å². The molecule has 4 aromatic rings. The number of rotatable bonds is 6. The lowest BCUT2D eigenvalue weighted by Gasteiger charge is -2.14. The van der Waals surface area contributed by atoms with E-state index in [-0.39, 0.29) is 5.92 Å². The Morgan fingerprint density at radius 3 is 2.58 bits per heavy atom. The van der Waals surface area contributed by atoms with E-state index in [0.29, 0.717) is 19.6 Å². The number of aromatic amines is 1. The number of amides is 1. The molecule has 2 N–H and O–H groups in total. The maximum Gasteiger partial charge on any atom is 0.407 e. The lowest BCUT2D eigenvalue weighted by atomic mass is 9.98. The third-order valence-corrected chi connectivity index (χ3v) is 5.55. The van der Waals surface area contributed by atoms with Gasteiger partial charge in [-0.1, -0.05) is 60.7 Å². The standard InChI is InChI=1S/C25H22N4O2/c30-25(26-12-6-5-7-17-13-23-24(27-14-17)15-28-29-23)31-16-22-20-10-3-1-8-18(20)19-9-2-4-11-21(19)22/h1-5,7-11,13-15,22H,6,12,16H2,(H,26,30)(H,28,29). The highest BCUT2D eigenvalue weighted by Gasteiger charge is 2.28. The predicted molar refractivity (Wildman–Crippen MR) is 121 cm³/mol. The maximum absolute atomic E-state index is 12.2. The summed E-state index contributed by atoms with van der Waals surface area (Å²) in [4.78, 5) is 16.5. The highest BCUT2D eigenvalue weighted by molar-refractivity contribution is 5.79. The molecule has 2 aromatic carbocycles. The predicted octanol–water partition coefficient (Wildman–Crippen LogP) is 4.90. The third-order valence-electron chi connectivity index (χ3n) is 5.55. The van der Waals surface area contributed by atoms with E-state index < -0.39 is 6.09 Å². The molecular formula is C25H22N4O2. The van der Waals surface area contributed by atoms with Crippen molar-refractivity contribution in [2.45, 2.75) is 12.3 Å². The molecule has 6 heteroatoms. The Kier molecular flexibility index (Phi) is 5.19. The van der Waals surface area contributed by atoms with Crippen LogP contribution in [0.4, 0.5) is 4.79 Å². The minimum absolute atomic E-state index is 0.0722. The summed E-state index contributed by atoms with van der Waals surface area (Å²) in [6.07, 6.45) is 7.78. The average molecular weight is 410 g/mol. The molecule has 0 aliphatic heterocycles. The second kappa shape index (κ2) is 8.44. The van der Waals surface area contributed by atoms with E-state index in [1.54, 1.807) is 12.4 Å². The highest BCUT2D eigenvalue weighted by atomic mass is 16.5. The number of pyridine rings is 1. The summed E-state index contributed by atoms with van der Waals surface area (Å²) in [5.74, 6) is 0.0722. The molecule has 0 unspecified atom stereocenters. The quantitative estimate of drug-likeness (QED) is 0.443. The molecule has 154 valence electrons. The Bertz CT molecular complexity index is 1220. The van der Waals surface area contributed by atoms with E-state index in [0.717, 1.165) is 16.6 Å². The van der Waals surface area contributed by atoms with Crippen LogP contribution in [0.1, 0.15) is 29.0 Å². The summed E-state index contributed by atoms with van der Waals surface area (Å²) in [6, 6.07) is 18.6. The Labute approximate surface area is 180 Å². The second-order valence-corrected chi connectivity index (χ2v) is 7.51. The van der Waals surface area contributed by atoms with Crippen molar-refractivity contribution in [3.63, 3.8) is 0 Å².